The summed E-state index contributed by atoms with van der Waals surface area (Å²) in [6, 6.07) is 0. The van der Waals surface area contributed by atoms with Gasteiger partial charge in [0, 0.05) is 0 Å². The third-order valence-corrected chi connectivity index (χ3v) is 11.5. The zero-order valence-corrected chi connectivity index (χ0v) is 37.0. The average Bonchev–Trinajstić information content (AvgIpc) is 2.98. The monoisotopic (exact) mass is 687 g/mol. The minimum absolute atomic E-state index is 0.401. The van der Waals surface area contributed by atoms with Gasteiger partial charge in [0.15, 0.2) is 0 Å². The molecule has 0 bridgehead atoms. The lowest BCUT2D eigenvalue weighted by molar-refractivity contribution is 0.317. The predicted octanol–water partition coefficient (Wildman–Crippen LogP) is 18.5. The maximum Gasteiger partial charge on any atom is 0.149 e. The highest BCUT2D eigenvalue weighted by atomic mass is 14.3. The van der Waals surface area contributed by atoms with E-state index in [9.17, 15) is 0 Å². The van der Waals surface area contributed by atoms with Crippen molar-refractivity contribution in [2.75, 3.05) is 0 Å². The van der Waals surface area contributed by atoms with E-state index in [0.29, 0.717) is 16.2 Å². The molecule has 0 spiro atoms. The molecule has 0 nitrogen and oxygen atoms in total. The highest BCUT2D eigenvalue weighted by molar-refractivity contribution is 6.63. The zero-order valence-electron chi connectivity index (χ0n) is 37.0. The van der Waals surface area contributed by atoms with Crippen molar-refractivity contribution in [2.45, 2.75) is 293 Å². The molecule has 0 aromatic carbocycles. The second-order valence-corrected chi connectivity index (χ2v) is 20.9. The second kappa shape index (κ2) is 29.5. The van der Waals surface area contributed by atoms with E-state index in [2.05, 4.69) is 83.1 Å². The van der Waals surface area contributed by atoms with Gasteiger partial charge in [-0.15, -0.1) is 0 Å². The highest BCUT2D eigenvalue weighted by Gasteiger charge is 2.42. The molecule has 49 heavy (non-hydrogen) atoms. The largest absolute Gasteiger partial charge is 0.149 e. The third-order valence-electron chi connectivity index (χ3n) is 11.5. The first-order chi connectivity index (χ1) is 23.1. The Balaban J connectivity index is 6.18. The molecule has 0 aliphatic carbocycles. The van der Waals surface area contributed by atoms with Crippen LogP contribution in [0.25, 0.3) is 0 Å². The van der Waals surface area contributed by atoms with E-state index in [1.807, 2.05) is 0 Å². The number of rotatable bonds is 33. The van der Waals surface area contributed by atoms with Gasteiger partial charge >= 0.3 is 0 Å². The molecule has 0 saturated carbocycles. The molecule has 294 valence electrons. The Bertz CT molecular complexity index is 592. The van der Waals surface area contributed by atoms with Crippen molar-refractivity contribution >= 4 is 6.71 Å². The molecule has 0 radical (unpaired) electrons. The van der Waals surface area contributed by atoms with Crippen LogP contribution in [0.4, 0.5) is 0 Å². The van der Waals surface area contributed by atoms with Crippen LogP contribution in [0.5, 0.6) is 0 Å². The Kier molecular flexibility index (Phi) is 29.5. The molecule has 0 aromatic rings. The summed E-state index contributed by atoms with van der Waals surface area (Å²) in [7, 11) is 0. The van der Waals surface area contributed by atoms with E-state index in [1.54, 1.807) is 0 Å². The quantitative estimate of drug-likeness (QED) is 0.0476. The van der Waals surface area contributed by atoms with Crippen molar-refractivity contribution in [1.82, 2.24) is 0 Å². The normalized spacial score (nSPS) is 14.7. The van der Waals surface area contributed by atoms with E-state index >= 15 is 0 Å². The molecule has 0 fully saturated rings. The van der Waals surface area contributed by atoms with Gasteiger partial charge in [0.1, 0.15) is 6.71 Å². The predicted molar refractivity (Wildman–Crippen MR) is 231 cm³/mol. The standard InChI is InChI=1S/C48H99B/c1-13-16-19-22-25-28-31-34-37-43(40-46(4,5)6)49(44(41-47(7,8)9)38-35-32-29-26-23-20-17-14-2)45(42-48(10,11)12)39-36-33-30-27-24-21-18-15-3/h43-45H,13-42H2,1-12H3. The van der Waals surface area contributed by atoms with E-state index in [-0.39, 0.29) is 0 Å². The molecule has 0 amide bonds. The number of unbranched alkanes of at least 4 members (excludes halogenated alkanes) is 21. The van der Waals surface area contributed by atoms with Gasteiger partial charge in [0.2, 0.25) is 0 Å². The van der Waals surface area contributed by atoms with Gasteiger partial charge in [-0.05, 0) is 16.2 Å². The average molecular weight is 687 g/mol. The smallest absolute Gasteiger partial charge is 0.0654 e. The molecule has 1 heteroatoms. The van der Waals surface area contributed by atoms with Gasteiger partial charge < -0.3 is 0 Å². The molecule has 0 aromatic heterocycles. The Morgan fingerprint density at radius 2 is 0.469 bits per heavy atom. The zero-order chi connectivity index (χ0) is 37.0. The third kappa shape index (κ3) is 31.3. The summed E-state index contributed by atoms with van der Waals surface area (Å²) in [6.45, 7) is 30.9. The molecule has 0 aliphatic heterocycles. The van der Waals surface area contributed by atoms with Crippen molar-refractivity contribution in [3.63, 3.8) is 0 Å². The van der Waals surface area contributed by atoms with Gasteiger partial charge in [0.25, 0.3) is 0 Å². The maximum atomic E-state index is 2.55. The minimum Gasteiger partial charge on any atom is -0.0654 e. The Hall–Kier alpha value is 0.0649. The molecule has 0 heterocycles. The lowest BCUT2D eigenvalue weighted by Crippen LogP contribution is -2.38. The molecular formula is C48H99B. The van der Waals surface area contributed by atoms with E-state index in [4.69, 9.17) is 0 Å². The lowest BCUT2D eigenvalue weighted by atomic mass is 9.23. The van der Waals surface area contributed by atoms with Crippen molar-refractivity contribution in [2.24, 2.45) is 16.2 Å². The molecule has 0 aliphatic rings. The van der Waals surface area contributed by atoms with Gasteiger partial charge in [-0.2, -0.15) is 0 Å². The van der Waals surface area contributed by atoms with Gasteiger partial charge in [-0.25, -0.2) is 0 Å². The first-order valence-corrected chi connectivity index (χ1v) is 23.1. The van der Waals surface area contributed by atoms with Gasteiger partial charge in [-0.3, -0.25) is 0 Å². The Labute approximate surface area is 315 Å². The van der Waals surface area contributed by atoms with E-state index < -0.39 is 0 Å². The number of hydrogen-bond acceptors (Lipinski definition) is 0. The van der Waals surface area contributed by atoms with Crippen LogP contribution in [0.1, 0.15) is 276 Å². The van der Waals surface area contributed by atoms with Crippen LogP contribution in [0.3, 0.4) is 0 Å². The van der Waals surface area contributed by atoms with Gasteiger partial charge in [0.05, 0.1) is 0 Å². The van der Waals surface area contributed by atoms with Crippen molar-refractivity contribution in [3.05, 3.63) is 0 Å². The molecule has 0 rings (SSSR count). The molecule has 0 N–H and O–H groups in total. The molecule has 0 saturated heterocycles. The number of hydrogen-bond donors (Lipinski definition) is 0. The van der Waals surface area contributed by atoms with Crippen LogP contribution in [0.15, 0.2) is 0 Å². The van der Waals surface area contributed by atoms with Gasteiger partial charge in [-0.1, -0.05) is 293 Å². The van der Waals surface area contributed by atoms with Crippen molar-refractivity contribution in [3.8, 4) is 0 Å². The van der Waals surface area contributed by atoms with Crippen LogP contribution in [0.2, 0.25) is 17.5 Å². The summed E-state index contributed by atoms with van der Waals surface area (Å²) in [4.78, 5) is 0. The first-order valence-electron chi connectivity index (χ1n) is 23.1. The summed E-state index contributed by atoms with van der Waals surface area (Å²) in [5.41, 5.74) is 1.20. The van der Waals surface area contributed by atoms with Crippen LogP contribution in [-0.2, 0) is 0 Å². The van der Waals surface area contributed by atoms with Crippen LogP contribution in [0, 0.1) is 16.2 Å². The molecule has 3 unspecified atom stereocenters. The van der Waals surface area contributed by atoms with Crippen LogP contribution < -0.4 is 0 Å². The van der Waals surface area contributed by atoms with E-state index in [1.165, 1.54) is 193 Å². The SMILES string of the molecule is CCCCCCCCCCC(CC(C)(C)C)B(C(CCCCCCCCCC)CC(C)(C)C)C(CCCCCCCCCC)CC(C)(C)C. The summed E-state index contributed by atoms with van der Waals surface area (Å²) in [5, 5.41) is 0. The summed E-state index contributed by atoms with van der Waals surface area (Å²) >= 11 is 0. The first kappa shape index (κ1) is 49.1. The van der Waals surface area contributed by atoms with Crippen LogP contribution in [-0.4, -0.2) is 6.71 Å². The summed E-state index contributed by atoms with van der Waals surface area (Å²) < 4.78 is 0. The van der Waals surface area contributed by atoms with Crippen molar-refractivity contribution < 1.29 is 0 Å². The second-order valence-electron chi connectivity index (χ2n) is 20.9. The molecular weight excluding hydrogens is 587 g/mol. The topological polar surface area (TPSA) is 0 Å². The fourth-order valence-electron chi connectivity index (χ4n) is 9.43. The highest BCUT2D eigenvalue weighted by Crippen LogP contribution is 2.51. The Morgan fingerprint density at radius 3 is 0.653 bits per heavy atom. The Morgan fingerprint density at radius 1 is 0.286 bits per heavy atom. The van der Waals surface area contributed by atoms with Crippen LogP contribution >= 0.6 is 0 Å². The lowest BCUT2D eigenvalue weighted by Gasteiger charge is -2.43. The van der Waals surface area contributed by atoms with E-state index in [0.717, 1.165) is 24.2 Å². The molecule has 3 atom stereocenters. The summed E-state index contributed by atoms with van der Waals surface area (Å²) in [5.74, 6) is 2.63. The van der Waals surface area contributed by atoms with Crippen molar-refractivity contribution in [1.29, 1.82) is 0 Å². The fraction of sp³-hybridized carbons (Fsp3) is 1.00. The fourth-order valence-corrected chi connectivity index (χ4v) is 9.43. The minimum atomic E-state index is 0.401. The maximum absolute atomic E-state index is 2.55. The summed E-state index contributed by atoms with van der Waals surface area (Å²) in [6.07, 6.45) is 43.3.